The number of hydrogen-bond acceptors (Lipinski definition) is 3. The highest BCUT2D eigenvalue weighted by Gasteiger charge is 2.18. The third-order valence-corrected chi connectivity index (χ3v) is 3.35. The van der Waals surface area contributed by atoms with Crippen LogP contribution in [0.4, 0.5) is 0 Å². The van der Waals surface area contributed by atoms with Gasteiger partial charge in [0.25, 0.3) is 0 Å². The third-order valence-electron chi connectivity index (χ3n) is 3.35. The van der Waals surface area contributed by atoms with Gasteiger partial charge in [-0.1, -0.05) is 56.4 Å². The Hall–Kier alpha value is -2.16. The molecule has 1 heterocycles. The Morgan fingerprint density at radius 2 is 1.80 bits per heavy atom. The van der Waals surface area contributed by atoms with Gasteiger partial charge in [-0.2, -0.15) is 0 Å². The van der Waals surface area contributed by atoms with Gasteiger partial charge in [-0.25, -0.2) is 0 Å². The van der Waals surface area contributed by atoms with Crippen LogP contribution in [0, 0.1) is 5.41 Å². The summed E-state index contributed by atoms with van der Waals surface area (Å²) in [6.07, 6.45) is 18.8. The summed E-state index contributed by atoms with van der Waals surface area (Å²) in [6.45, 7) is 4.31. The first-order valence-electron chi connectivity index (χ1n) is 6.94. The second kappa shape index (κ2) is 5.08. The van der Waals surface area contributed by atoms with Gasteiger partial charge in [0.15, 0.2) is 0 Å². The van der Waals surface area contributed by atoms with Crippen molar-refractivity contribution in [1.29, 1.82) is 0 Å². The zero-order chi connectivity index (χ0) is 14.0. The summed E-state index contributed by atoms with van der Waals surface area (Å²) in [7, 11) is 0. The lowest BCUT2D eigenvalue weighted by molar-refractivity contribution is 0.524. The van der Waals surface area contributed by atoms with Crippen molar-refractivity contribution in [1.82, 2.24) is 10.2 Å². The fourth-order valence-corrected chi connectivity index (χ4v) is 2.32. The van der Waals surface area contributed by atoms with E-state index in [-0.39, 0.29) is 5.41 Å². The molecule has 0 fully saturated rings. The third kappa shape index (κ3) is 2.72. The molecule has 3 nitrogen and oxygen atoms in total. The Labute approximate surface area is 119 Å². The Morgan fingerprint density at radius 3 is 2.55 bits per heavy atom. The molecular formula is C17H18N2O. The molecule has 1 aromatic rings. The Morgan fingerprint density at radius 1 is 1.00 bits per heavy atom. The molecule has 0 saturated carbocycles. The van der Waals surface area contributed by atoms with Crippen LogP contribution in [0.25, 0.3) is 11.1 Å². The lowest BCUT2D eigenvalue weighted by Gasteiger charge is -2.14. The standard InChI is InChI=1S/C17H18N2O/c1-17(2)11-7-6-10-14(12-17)16-19-18-15(20-16)13-8-4-3-5-9-13/h4,6-12H,3,5H2,1-2H3. The summed E-state index contributed by atoms with van der Waals surface area (Å²) < 4.78 is 5.82. The Balaban J connectivity index is 1.92. The summed E-state index contributed by atoms with van der Waals surface area (Å²) in [5.41, 5.74) is 1.97. The van der Waals surface area contributed by atoms with Crippen LogP contribution >= 0.6 is 0 Å². The molecule has 2 aliphatic rings. The van der Waals surface area contributed by atoms with Crippen molar-refractivity contribution in [3.05, 3.63) is 60.4 Å². The molecule has 3 heteroatoms. The molecule has 1 aromatic heterocycles. The number of rotatable bonds is 2. The van der Waals surface area contributed by atoms with E-state index in [1.54, 1.807) is 0 Å². The molecule has 0 N–H and O–H groups in total. The largest absolute Gasteiger partial charge is 0.416 e. The molecule has 102 valence electrons. The summed E-state index contributed by atoms with van der Waals surface area (Å²) in [6, 6.07) is 0. The van der Waals surface area contributed by atoms with Gasteiger partial charge in [0, 0.05) is 16.6 Å². The van der Waals surface area contributed by atoms with E-state index in [0.717, 1.165) is 24.0 Å². The van der Waals surface area contributed by atoms with Gasteiger partial charge >= 0.3 is 0 Å². The molecule has 20 heavy (non-hydrogen) atoms. The predicted molar refractivity (Wildman–Crippen MR) is 80.7 cm³/mol. The van der Waals surface area contributed by atoms with Crippen molar-refractivity contribution >= 4 is 11.1 Å². The molecule has 0 atom stereocenters. The molecule has 0 aliphatic heterocycles. The van der Waals surface area contributed by atoms with Gasteiger partial charge in [-0.3, -0.25) is 0 Å². The zero-order valence-corrected chi connectivity index (χ0v) is 11.8. The maximum Gasteiger partial charge on any atom is 0.247 e. The van der Waals surface area contributed by atoms with Crippen LogP contribution < -0.4 is 0 Å². The molecule has 0 unspecified atom stereocenters. The number of hydrogen-bond donors (Lipinski definition) is 0. The van der Waals surface area contributed by atoms with E-state index < -0.39 is 0 Å². The zero-order valence-electron chi connectivity index (χ0n) is 11.8. The Kier molecular flexibility index (Phi) is 3.26. The van der Waals surface area contributed by atoms with Crippen molar-refractivity contribution in [2.24, 2.45) is 5.41 Å². The van der Waals surface area contributed by atoms with Crippen molar-refractivity contribution in [2.45, 2.75) is 26.7 Å². The van der Waals surface area contributed by atoms with Crippen LogP contribution in [-0.4, -0.2) is 10.2 Å². The normalized spacial score (nSPS) is 20.5. The second-order valence-corrected chi connectivity index (χ2v) is 5.69. The van der Waals surface area contributed by atoms with E-state index in [0.29, 0.717) is 11.8 Å². The minimum atomic E-state index is -0.0164. The molecule has 0 amide bonds. The Bertz CT molecular complexity index is 654. The summed E-state index contributed by atoms with van der Waals surface area (Å²) in [4.78, 5) is 0. The quantitative estimate of drug-likeness (QED) is 0.799. The lowest BCUT2D eigenvalue weighted by atomic mass is 9.91. The minimum Gasteiger partial charge on any atom is -0.416 e. The average Bonchev–Trinajstić information content (AvgIpc) is 2.86. The molecule has 0 aromatic carbocycles. The SMILES string of the molecule is CC1(C)C=CC=CC(c2nnc(C3=CCCC=C3)o2)=C1. The number of allylic oxidation sites excluding steroid dienone is 10. The monoisotopic (exact) mass is 266 g/mol. The molecule has 0 radical (unpaired) electrons. The van der Waals surface area contributed by atoms with Gasteiger partial charge in [-0.15, -0.1) is 10.2 Å². The fraction of sp³-hybridized carbons (Fsp3) is 0.294. The average molecular weight is 266 g/mol. The molecule has 0 saturated heterocycles. The van der Waals surface area contributed by atoms with Gasteiger partial charge in [0.1, 0.15) is 0 Å². The summed E-state index contributed by atoms with van der Waals surface area (Å²) >= 11 is 0. The van der Waals surface area contributed by atoms with E-state index in [9.17, 15) is 0 Å². The first-order valence-corrected chi connectivity index (χ1v) is 6.94. The van der Waals surface area contributed by atoms with Gasteiger partial charge in [0.05, 0.1) is 0 Å². The van der Waals surface area contributed by atoms with Crippen molar-refractivity contribution in [3.63, 3.8) is 0 Å². The van der Waals surface area contributed by atoms with Crippen molar-refractivity contribution in [3.8, 4) is 0 Å². The molecule has 0 spiro atoms. The lowest BCUT2D eigenvalue weighted by Crippen LogP contribution is -2.02. The molecule has 0 bridgehead atoms. The first-order chi connectivity index (χ1) is 9.64. The smallest absolute Gasteiger partial charge is 0.247 e. The van der Waals surface area contributed by atoms with Gasteiger partial charge in [-0.05, 0) is 18.9 Å². The summed E-state index contributed by atoms with van der Waals surface area (Å²) in [5, 5.41) is 8.35. The second-order valence-electron chi connectivity index (χ2n) is 5.69. The van der Waals surface area contributed by atoms with Crippen molar-refractivity contribution in [2.75, 3.05) is 0 Å². The van der Waals surface area contributed by atoms with Crippen molar-refractivity contribution < 1.29 is 4.42 Å². The van der Waals surface area contributed by atoms with E-state index in [1.165, 1.54) is 0 Å². The number of aromatic nitrogens is 2. The maximum absolute atomic E-state index is 5.82. The van der Waals surface area contributed by atoms with E-state index in [1.807, 2.05) is 24.3 Å². The maximum atomic E-state index is 5.82. The van der Waals surface area contributed by atoms with Crippen LogP contribution in [0.15, 0.2) is 53.0 Å². The van der Waals surface area contributed by atoms with Crippen LogP contribution in [0.3, 0.4) is 0 Å². The van der Waals surface area contributed by atoms with E-state index in [2.05, 4.69) is 48.3 Å². The highest BCUT2D eigenvalue weighted by atomic mass is 16.4. The predicted octanol–water partition coefficient (Wildman–Crippen LogP) is 4.34. The molecular weight excluding hydrogens is 248 g/mol. The van der Waals surface area contributed by atoms with Gasteiger partial charge < -0.3 is 4.42 Å². The minimum absolute atomic E-state index is 0.0164. The van der Waals surface area contributed by atoms with Crippen LogP contribution in [0.5, 0.6) is 0 Å². The van der Waals surface area contributed by atoms with E-state index in [4.69, 9.17) is 4.42 Å². The van der Waals surface area contributed by atoms with Gasteiger partial charge in [0.2, 0.25) is 11.8 Å². The van der Waals surface area contributed by atoms with Crippen LogP contribution in [0.2, 0.25) is 0 Å². The highest BCUT2D eigenvalue weighted by Crippen LogP contribution is 2.29. The summed E-state index contributed by atoms with van der Waals surface area (Å²) in [5.74, 6) is 1.17. The van der Waals surface area contributed by atoms with E-state index >= 15 is 0 Å². The highest BCUT2D eigenvalue weighted by molar-refractivity contribution is 5.73. The number of nitrogens with zero attached hydrogens (tertiary/aromatic N) is 2. The van der Waals surface area contributed by atoms with Crippen LogP contribution in [-0.2, 0) is 0 Å². The fourth-order valence-electron chi connectivity index (χ4n) is 2.32. The topological polar surface area (TPSA) is 38.9 Å². The molecule has 2 aliphatic carbocycles. The molecule has 3 rings (SSSR count). The first kappa shape index (κ1) is 12.9. The van der Waals surface area contributed by atoms with Crippen LogP contribution in [0.1, 0.15) is 38.5 Å².